The summed E-state index contributed by atoms with van der Waals surface area (Å²) in [4.78, 5) is 19.8. The first-order chi connectivity index (χ1) is 24.3. The quantitative estimate of drug-likeness (QED) is 0.179. The van der Waals surface area contributed by atoms with Crippen LogP contribution in [-0.2, 0) is 10.8 Å². The maximum absolute atomic E-state index is 6.83. The fourth-order valence-corrected chi connectivity index (χ4v) is 8.60. The first-order valence-corrected chi connectivity index (χ1v) is 17.6. The Bertz CT molecular complexity index is 2570. The molecule has 3 aromatic heterocycles. The van der Waals surface area contributed by atoms with E-state index in [1.54, 1.807) is 6.20 Å². The number of furan rings is 1. The van der Waals surface area contributed by atoms with Crippen LogP contribution in [-0.4, -0.2) is 19.9 Å². The lowest BCUT2D eigenvalue weighted by molar-refractivity contribution is 0.490. The molecule has 0 saturated carbocycles. The third kappa shape index (κ3) is 4.13. The van der Waals surface area contributed by atoms with E-state index in [2.05, 4.69) is 113 Å². The van der Waals surface area contributed by atoms with E-state index in [0.29, 0.717) is 23.2 Å². The van der Waals surface area contributed by atoms with Crippen molar-refractivity contribution in [2.24, 2.45) is 0 Å². The zero-order valence-electron chi connectivity index (χ0n) is 29.1. The summed E-state index contributed by atoms with van der Waals surface area (Å²) < 4.78 is 6.83. The zero-order chi connectivity index (χ0) is 34.4. The minimum atomic E-state index is -0.137. The SMILES string of the molecule is C=CC1=C(C)C(C)(C)c2cc(-c3nc(-c4ccccn4)nc(-c4cccc5c4oc4cc6c(cc45)-c4ccccc4C6(CC)CC)n3)ccc21. The Morgan fingerprint density at radius 3 is 2.22 bits per heavy atom. The molecule has 244 valence electrons. The average molecular weight is 651 g/mol. The predicted molar refractivity (Wildman–Crippen MR) is 204 cm³/mol. The lowest BCUT2D eigenvalue weighted by Crippen LogP contribution is -2.22. The molecule has 3 heterocycles. The number of fused-ring (bicyclic) bond motifs is 7. The Morgan fingerprint density at radius 1 is 0.680 bits per heavy atom. The van der Waals surface area contributed by atoms with Crippen molar-refractivity contribution in [2.75, 3.05) is 0 Å². The van der Waals surface area contributed by atoms with Gasteiger partial charge in [0.25, 0.3) is 0 Å². The minimum Gasteiger partial charge on any atom is -0.455 e. The fraction of sp³-hybridized carbons (Fsp3) is 0.200. The number of para-hydroxylation sites is 1. The normalized spacial score (nSPS) is 15.4. The first-order valence-electron chi connectivity index (χ1n) is 17.6. The van der Waals surface area contributed by atoms with Crippen LogP contribution < -0.4 is 0 Å². The second-order valence-electron chi connectivity index (χ2n) is 14.2. The van der Waals surface area contributed by atoms with Crippen molar-refractivity contribution in [1.29, 1.82) is 0 Å². The van der Waals surface area contributed by atoms with Crippen LogP contribution in [0.25, 0.3) is 72.9 Å². The van der Waals surface area contributed by atoms with Gasteiger partial charge in [-0.1, -0.05) is 101 Å². The molecular weight excluding hydrogens is 613 g/mol. The summed E-state index contributed by atoms with van der Waals surface area (Å²) >= 11 is 0. The zero-order valence-corrected chi connectivity index (χ0v) is 29.1. The molecule has 0 unspecified atom stereocenters. The Kier molecular flexibility index (Phi) is 6.63. The van der Waals surface area contributed by atoms with Crippen molar-refractivity contribution in [1.82, 2.24) is 19.9 Å². The molecule has 4 aromatic carbocycles. The van der Waals surface area contributed by atoms with Gasteiger partial charge in [0.15, 0.2) is 17.5 Å². The molecule has 7 aromatic rings. The number of allylic oxidation sites excluding steroid dienone is 3. The third-order valence-corrected chi connectivity index (χ3v) is 11.6. The minimum absolute atomic E-state index is 0.0342. The van der Waals surface area contributed by atoms with Gasteiger partial charge in [0.2, 0.25) is 0 Å². The molecule has 0 spiro atoms. The Labute approximate surface area is 292 Å². The van der Waals surface area contributed by atoms with E-state index < -0.39 is 0 Å². The largest absolute Gasteiger partial charge is 0.455 e. The first kappa shape index (κ1) is 30.4. The number of pyridine rings is 1. The third-order valence-electron chi connectivity index (χ3n) is 11.6. The van der Waals surface area contributed by atoms with Crippen LogP contribution in [0.5, 0.6) is 0 Å². The molecule has 0 radical (unpaired) electrons. The molecule has 9 rings (SSSR count). The van der Waals surface area contributed by atoms with E-state index in [-0.39, 0.29) is 10.8 Å². The van der Waals surface area contributed by atoms with Gasteiger partial charge in [0.1, 0.15) is 16.9 Å². The molecule has 2 aliphatic carbocycles. The Morgan fingerprint density at radius 2 is 1.44 bits per heavy atom. The van der Waals surface area contributed by atoms with Crippen LogP contribution >= 0.6 is 0 Å². The lowest BCUT2D eigenvalue weighted by atomic mass is 9.74. The molecule has 0 atom stereocenters. The molecule has 50 heavy (non-hydrogen) atoms. The van der Waals surface area contributed by atoms with Crippen LogP contribution in [0, 0.1) is 0 Å². The Balaban J connectivity index is 1.25. The van der Waals surface area contributed by atoms with Gasteiger partial charge in [-0.15, -0.1) is 0 Å². The highest BCUT2D eigenvalue weighted by atomic mass is 16.3. The van der Waals surface area contributed by atoms with Crippen molar-refractivity contribution in [2.45, 2.75) is 58.3 Å². The molecule has 0 amide bonds. The van der Waals surface area contributed by atoms with E-state index in [1.807, 2.05) is 30.3 Å². The van der Waals surface area contributed by atoms with Crippen molar-refractivity contribution in [3.05, 3.63) is 138 Å². The maximum Gasteiger partial charge on any atom is 0.182 e. The van der Waals surface area contributed by atoms with Crippen LogP contribution in [0.1, 0.15) is 69.7 Å². The monoisotopic (exact) mass is 650 g/mol. The molecular formula is C45H38N4O. The summed E-state index contributed by atoms with van der Waals surface area (Å²) in [6.45, 7) is 15.4. The van der Waals surface area contributed by atoms with Gasteiger partial charge in [-0.05, 0) is 95.1 Å². The van der Waals surface area contributed by atoms with Crippen LogP contribution in [0.4, 0.5) is 0 Å². The summed E-state index contributed by atoms with van der Waals surface area (Å²) in [6, 6.07) is 32.1. The summed E-state index contributed by atoms with van der Waals surface area (Å²) in [7, 11) is 0. The molecule has 0 bridgehead atoms. The molecule has 0 saturated heterocycles. The topological polar surface area (TPSA) is 64.7 Å². The number of aromatic nitrogens is 4. The highest BCUT2D eigenvalue weighted by molar-refractivity contribution is 6.11. The standard InChI is InChI=1S/C45H38N4O/c1-7-28-26(4)44(5,6)36-23-27(20-21-30(28)36)41-47-42(49-43(48-41)38-19-12-13-22-46-38)32-17-14-16-31-34-24-33-29-15-10-11-18-35(29)45(8-2,9-3)37(33)25-39(34)50-40(31)32/h7,10-25H,1,8-9H2,2-6H3. The van der Waals surface area contributed by atoms with Gasteiger partial charge in [-0.25, -0.2) is 15.0 Å². The van der Waals surface area contributed by atoms with Crippen LogP contribution in [0.15, 0.2) is 120 Å². The predicted octanol–water partition coefficient (Wildman–Crippen LogP) is 11.5. The number of nitrogens with zero attached hydrogens (tertiary/aromatic N) is 4. The molecule has 0 N–H and O–H groups in total. The van der Waals surface area contributed by atoms with Crippen LogP contribution in [0.3, 0.4) is 0 Å². The molecule has 2 aliphatic rings. The van der Waals surface area contributed by atoms with Gasteiger partial charge in [-0.3, -0.25) is 4.98 Å². The smallest absolute Gasteiger partial charge is 0.182 e. The van der Waals surface area contributed by atoms with E-state index in [1.165, 1.54) is 44.5 Å². The number of hydrogen-bond acceptors (Lipinski definition) is 5. The summed E-state index contributed by atoms with van der Waals surface area (Å²) in [6.07, 6.45) is 5.79. The lowest BCUT2D eigenvalue weighted by Gasteiger charge is -2.29. The van der Waals surface area contributed by atoms with Gasteiger partial charge in [0.05, 0.1) is 5.56 Å². The fourth-order valence-electron chi connectivity index (χ4n) is 8.60. The van der Waals surface area contributed by atoms with E-state index in [4.69, 9.17) is 19.4 Å². The van der Waals surface area contributed by atoms with Crippen molar-refractivity contribution in [3.8, 4) is 45.4 Å². The summed E-state index contributed by atoms with van der Waals surface area (Å²) in [5.74, 6) is 1.67. The van der Waals surface area contributed by atoms with Gasteiger partial charge in [-0.2, -0.15) is 0 Å². The molecule has 5 nitrogen and oxygen atoms in total. The average Bonchev–Trinajstić information content (AvgIpc) is 3.73. The highest BCUT2D eigenvalue weighted by Gasteiger charge is 2.41. The molecule has 0 aliphatic heterocycles. The highest BCUT2D eigenvalue weighted by Crippen LogP contribution is 2.54. The summed E-state index contributed by atoms with van der Waals surface area (Å²) in [5.41, 5.74) is 14.3. The number of hydrogen-bond donors (Lipinski definition) is 0. The summed E-state index contributed by atoms with van der Waals surface area (Å²) in [5, 5.41) is 2.14. The molecule has 5 heteroatoms. The van der Waals surface area contributed by atoms with Gasteiger partial charge in [0, 0.05) is 33.4 Å². The van der Waals surface area contributed by atoms with Crippen molar-refractivity contribution in [3.63, 3.8) is 0 Å². The van der Waals surface area contributed by atoms with Gasteiger partial charge >= 0.3 is 0 Å². The molecule has 0 fully saturated rings. The van der Waals surface area contributed by atoms with Crippen molar-refractivity contribution >= 4 is 27.5 Å². The number of rotatable bonds is 6. The van der Waals surface area contributed by atoms with E-state index in [0.717, 1.165) is 45.9 Å². The van der Waals surface area contributed by atoms with E-state index in [9.17, 15) is 0 Å². The second-order valence-corrected chi connectivity index (χ2v) is 14.2. The number of benzene rings is 4. The van der Waals surface area contributed by atoms with Crippen LogP contribution in [0.2, 0.25) is 0 Å². The van der Waals surface area contributed by atoms with Gasteiger partial charge < -0.3 is 4.42 Å². The maximum atomic E-state index is 6.83. The van der Waals surface area contributed by atoms with Crippen molar-refractivity contribution < 1.29 is 4.42 Å². The second kappa shape index (κ2) is 10.9. The van der Waals surface area contributed by atoms with E-state index >= 15 is 0 Å². The Hall–Kier alpha value is -5.68.